The molecule has 0 atom stereocenters. The van der Waals surface area contributed by atoms with Gasteiger partial charge in [0, 0.05) is 30.7 Å². The topological polar surface area (TPSA) is 56.1 Å². The molecule has 1 fully saturated rings. The van der Waals surface area contributed by atoms with E-state index in [1.54, 1.807) is 11.0 Å². The average molecular weight is 339 g/mol. The molecular weight excluding hydrogens is 319 g/mol. The average Bonchev–Trinajstić information content (AvgIpc) is 2.54. The van der Waals surface area contributed by atoms with Gasteiger partial charge in [0.15, 0.2) is 0 Å². The van der Waals surface area contributed by atoms with Gasteiger partial charge in [-0.05, 0) is 31.0 Å². The van der Waals surface area contributed by atoms with Crippen molar-refractivity contribution in [3.63, 3.8) is 0 Å². The van der Waals surface area contributed by atoms with Crippen molar-refractivity contribution < 1.29 is 18.0 Å². The molecule has 1 aliphatic rings. The van der Waals surface area contributed by atoms with E-state index in [2.05, 4.69) is 5.32 Å². The zero-order chi connectivity index (χ0) is 17.9. The first kappa shape index (κ1) is 18.1. The summed E-state index contributed by atoms with van der Waals surface area (Å²) in [6.07, 6.45) is -3.20. The van der Waals surface area contributed by atoms with E-state index in [1.807, 2.05) is 13.8 Å². The van der Waals surface area contributed by atoms with Crippen LogP contribution in [-0.4, -0.2) is 29.9 Å². The second-order valence-electron chi connectivity index (χ2n) is 6.27. The highest BCUT2D eigenvalue weighted by molar-refractivity contribution is 5.78. The van der Waals surface area contributed by atoms with Crippen molar-refractivity contribution in [3.8, 4) is 6.07 Å². The molecule has 0 unspecified atom stereocenters. The zero-order valence-corrected chi connectivity index (χ0v) is 13.7. The third kappa shape index (κ3) is 4.19. The van der Waals surface area contributed by atoms with Crippen molar-refractivity contribution in [3.05, 3.63) is 29.3 Å². The summed E-state index contributed by atoms with van der Waals surface area (Å²) in [6.45, 7) is 4.89. The molecular formula is C17H20F3N3O. The summed E-state index contributed by atoms with van der Waals surface area (Å²) >= 11 is 0. The predicted octanol–water partition coefficient (Wildman–Crippen LogP) is 3.64. The molecule has 7 heteroatoms. The Hall–Kier alpha value is -2.23. The molecule has 0 aliphatic carbocycles. The van der Waals surface area contributed by atoms with Crippen LogP contribution in [-0.2, 0) is 11.0 Å². The van der Waals surface area contributed by atoms with Crippen LogP contribution in [0.4, 0.5) is 18.9 Å². The molecule has 1 aliphatic heterocycles. The predicted molar refractivity (Wildman–Crippen MR) is 84.2 cm³/mol. The minimum Gasteiger partial charge on any atom is -0.382 e. The number of rotatable bonds is 3. The number of carbonyl (C=O) groups is 1. The van der Waals surface area contributed by atoms with Crippen molar-refractivity contribution in [1.29, 1.82) is 5.26 Å². The number of likely N-dealkylation sites (tertiary alicyclic amines) is 1. The maximum atomic E-state index is 13.0. The van der Waals surface area contributed by atoms with Crippen LogP contribution >= 0.6 is 0 Å². The molecule has 0 bridgehead atoms. The summed E-state index contributed by atoms with van der Waals surface area (Å²) in [4.78, 5) is 13.7. The van der Waals surface area contributed by atoms with Crippen LogP contribution in [0.3, 0.4) is 0 Å². The molecule has 130 valence electrons. The number of piperidine rings is 1. The van der Waals surface area contributed by atoms with Crippen LogP contribution < -0.4 is 5.32 Å². The maximum absolute atomic E-state index is 13.0. The summed E-state index contributed by atoms with van der Waals surface area (Å²) in [5.41, 5.74) is -0.970. The molecule has 0 saturated carbocycles. The highest BCUT2D eigenvalue weighted by Gasteiger charge is 2.34. The lowest BCUT2D eigenvalue weighted by Gasteiger charge is -2.34. The smallest absolute Gasteiger partial charge is 0.382 e. The van der Waals surface area contributed by atoms with Gasteiger partial charge in [-0.15, -0.1) is 0 Å². The SMILES string of the molecule is CC(C)C(=O)N1CCC(Nc2ccc(C#N)c(C(F)(F)F)c2)CC1. The summed E-state index contributed by atoms with van der Waals surface area (Å²) in [7, 11) is 0. The van der Waals surface area contributed by atoms with Crippen LogP contribution in [0.15, 0.2) is 18.2 Å². The Morgan fingerprint density at radius 1 is 1.33 bits per heavy atom. The Kier molecular flexibility index (Phi) is 5.37. The van der Waals surface area contributed by atoms with Gasteiger partial charge in [0.1, 0.15) is 0 Å². The molecule has 2 rings (SSSR count). The number of carbonyl (C=O) groups excluding carboxylic acids is 1. The minimum atomic E-state index is -4.56. The highest BCUT2D eigenvalue weighted by atomic mass is 19.4. The fraction of sp³-hybridized carbons (Fsp3) is 0.529. The van der Waals surface area contributed by atoms with Gasteiger partial charge < -0.3 is 10.2 Å². The lowest BCUT2D eigenvalue weighted by molar-refractivity contribution is -0.138. The first-order chi connectivity index (χ1) is 11.2. The monoisotopic (exact) mass is 339 g/mol. The van der Waals surface area contributed by atoms with Gasteiger partial charge in [-0.2, -0.15) is 18.4 Å². The molecule has 0 spiro atoms. The number of halogens is 3. The number of anilines is 1. The van der Waals surface area contributed by atoms with E-state index in [1.165, 1.54) is 12.1 Å². The molecule has 1 saturated heterocycles. The van der Waals surface area contributed by atoms with Crippen molar-refractivity contribution in [2.24, 2.45) is 5.92 Å². The number of hydrogen-bond acceptors (Lipinski definition) is 3. The normalized spacial score (nSPS) is 16.1. The summed E-state index contributed by atoms with van der Waals surface area (Å²) in [6, 6.07) is 5.22. The molecule has 1 heterocycles. The van der Waals surface area contributed by atoms with E-state index >= 15 is 0 Å². The molecule has 24 heavy (non-hydrogen) atoms. The molecule has 0 aromatic heterocycles. The largest absolute Gasteiger partial charge is 0.417 e. The number of benzene rings is 1. The summed E-state index contributed by atoms with van der Waals surface area (Å²) in [5.74, 6) is 0.0496. The number of hydrogen-bond donors (Lipinski definition) is 1. The summed E-state index contributed by atoms with van der Waals surface area (Å²) in [5, 5.41) is 11.9. The fourth-order valence-corrected chi connectivity index (χ4v) is 2.81. The van der Waals surface area contributed by atoms with Crippen molar-refractivity contribution in [1.82, 2.24) is 4.90 Å². The minimum absolute atomic E-state index is 0.00947. The van der Waals surface area contributed by atoms with Crippen molar-refractivity contribution >= 4 is 11.6 Å². The molecule has 1 amide bonds. The fourth-order valence-electron chi connectivity index (χ4n) is 2.81. The van der Waals surface area contributed by atoms with Gasteiger partial charge in [0.2, 0.25) is 5.91 Å². The maximum Gasteiger partial charge on any atom is 0.417 e. The molecule has 1 N–H and O–H groups in total. The van der Waals surface area contributed by atoms with Crippen LogP contribution in [0.2, 0.25) is 0 Å². The Balaban J connectivity index is 2.03. The van der Waals surface area contributed by atoms with Gasteiger partial charge >= 0.3 is 6.18 Å². The van der Waals surface area contributed by atoms with Crippen LogP contribution in [0.1, 0.15) is 37.8 Å². The zero-order valence-electron chi connectivity index (χ0n) is 13.7. The van der Waals surface area contributed by atoms with Gasteiger partial charge in [0.25, 0.3) is 0 Å². The van der Waals surface area contributed by atoms with Crippen molar-refractivity contribution in [2.75, 3.05) is 18.4 Å². The van der Waals surface area contributed by atoms with Crippen molar-refractivity contribution in [2.45, 2.75) is 38.9 Å². The van der Waals surface area contributed by atoms with E-state index in [0.717, 1.165) is 6.07 Å². The quantitative estimate of drug-likeness (QED) is 0.915. The standard InChI is InChI=1S/C17H20F3N3O/c1-11(2)16(24)23-7-5-13(6-8-23)22-14-4-3-12(10-21)15(9-14)17(18,19)20/h3-4,9,11,13,22H,5-8H2,1-2H3. The molecule has 0 radical (unpaired) electrons. The van der Waals surface area contributed by atoms with E-state index in [9.17, 15) is 18.0 Å². The Morgan fingerprint density at radius 3 is 2.46 bits per heavy atom. The van der Waals surface area contributed by atoms with E-state index in [0.29, 0.717) is 31.6 Å². The van der Waals surface area contributed by atoms with E-state index in [4.69, 9.17) is 5.26 Å². The molecule has 4 nitrogen and oxygen atoms in total. The Bertz CT molecular complexity index is 641. The van der Waals surface area contributed by atoms with Gasteiger partial charge in [-0.1, -0.05) is 13.8 Å². The number of nitriles is 1. The lowest BCUT2D eigenvalue weighted by atomic mass is 10.0. The van der Waals surface area contributed by atoms with Gasteiger partial charge in [-0.3, -0.25) is 4.79 Å². The Morgan fingerprint density at radius 2 is 1.96 bits per heavy atom. The lowest BCUT2D eigenvalue weighted by Crippen LogP contribution is -2.44. The number of amides is 1. The summed E-state index contributed by atoms with van der Waals surface area (Å²) < 4.78 is 39.0. The number of nitrogens with one attached hydrogen (secondary N) is 1. The third-order valence-corrected chi connectivity index (χ3v) is 4.12. The van der Waals surface area contributed by atoms with Gasteiger partial charge in [0.05, 0.1) is 17.2 Å². The second kappa shape index (κ2) is 7.12. The molecule has 1 aromatic carbocycles. The third-order valence-electron chi connectivity index (χ3n) is 4.12. The van der Waals surface area contributed by atoms with Crippen LogP contribution in [0.5, 0.6) is 0 Å². The van der Waals surface area contributed by atoms with Gasteiger partial charge in [-0.25, -0.2) is 0 Å². The highest BCUT2D eigenvalue weighted by Crippen LogP contribution is 2.34. The van der Waals surface area contributed by atoms with Crippen LogP contribution in [0, 0.1) is 17.2 Å². The first-order valence-electron chi connectivity index (χ1n) is 7.89. The second-order valence-corrected chi connectivity index (χ2v) is 6.27. The van der Waals surface area contributed by atoms with E-state index < -0.39 is 11.7 Å². The number of nitrogens with zero attached hydrogens (tertiary/aromatic N) is 2. The first-order valence-corrected chi connectivity index (χ1v) is 7.89. The van der Waals surface area contributed by atoms with E-state index in [-0.39, 0.29) is 23.4 Å². The Labute approximate surface area is 139 Å². The number of alkyl halides is 3. The van der Waals surface area contributed by atoms with Crippen LogP contribution in [0.25, 0.3) is 0 Å². The molecule has 1 aromatic rings.